The molecule has 27 heavy (non-hydrogen) atoms. The van der Waals surface area contributed by atoms with Gasteiger partial charge in [-0.3, -0.25) is 9.59 Å². The Morgan fingerprint density at radius 3 is 2.70 bits per heavy atom. The Labute approximate surface area is 156 Å². The van der Waals surface area contributed by atoms with Crippen LogP contribution in [0.4, 0.5) is 0 Å². The zero-order valence-electron chi connectivity index (χ0n) is 14.1. The summed E-state index contributed by atoms with van der Waals surface area (Å²) in [6.45, 7) is 1.52. The summed E-state index contributed by atoms with van der Waals surface area (Å²) in [5.41, 5.74) is 0.274. The number of rotatable bonds is 5. The molecule has 4 aromatic rings. The third-order valence-corrected chi connectivity index (χ3v) is 4.80. The monoisotopic (exact) mass is 380 g/mol. The Kier molecular flexibility index (Phi) is 4.38. The Bertz CT molecular complexity index is 1160. The highest BCUT2D eigenvalue weighted by Crippen LogP contribution is 2.26. The summed E-state index contributed by atoms with van der Waals surface area (Å²) in [5, 5.41) is 8.16. The summed E-state index contributed by atoms with van der Waals surface area (Å²) >= 11 is 1.32. The lowest BCUT2D eigenvalue weighted by Crippen LogP contribution is -2.22. The van der Waals surface area contributed by atoms with Crippen molar-refractivity contribution >= 4 is 17.1 Å². The highest BCUT2D eigenvalue weighted by molar-refractivity contribution is 7.17. The van der Waals surface area contributed by atoms with E-state index in [2.05, 4.69) is 25.2 Å². The lowest BCUT2D eigenvalue weighted by Gasteiger charge is -2.03. The van der Waals surface area contributed by atoms with Gasteiger partial charge in [-0.1, -0.05) is 5.16 Å². The number of thiophene rings is 1. The van der Waals surface area contributed by atoms with E-state index >= 15 is 0 Å². The lowest BCUT2D eigenvalue weighted by atomic mass is 10.3. The molecule has 0 saturated carbocycles. The number of ketones is 1. The molecule has 0 aliphatic heterocycles. The fourth-order valence-electron chi connectivity index (χ4n) is 2.31. The number of Topliss-reactive ketones (excluding diaryl/α,β-unsaturated/α-hetero) is 1. The summed E-state index contributed by atoms with van der Waals surface area (Å²) in [6, 6.07) is 8.25. The van der Waals surface area contributed by atoms with Gasteiger partial charge in [0.1, 0.15) is 12.2 Å². The lowest BCUT2D eigenvalue weighted by molar-refractivity contribution is 0.102. The van der Waals surface area contributed by atoms with Gasteiger partial charge in [0.05, 0.1) is 9.75 Å². The van der Waals surface area contributed by atoms with Crippen molar-refractivity contribution in [1.82, 2.24) is 29.9 Å². The van der Waals surface area contributed by atoms with Gasteiger partial charge in [-0.05, 0) is 31.2 Å². The molecule has 4 aromatic heterocycles. The number of carbonyl (C=O) groups is 1. The van der Waals surface area contributed by atoms with Crippen molar-refractivity contribution in [2.75, 3.05) is 0 Å². The van der Waals surface area contributed by atoms with E-state index in [-0.39, 0.29) is 29.6 Å². The maximum absolute atomic E-state index is 12.1. The predicted octanol–water partition coefficient (Wildman–Crippen LogP) is 2.06. The van der Waals surface area contributed by atoms with E-state index in [0.717, 1.165) is 4.88 Å². The summed E-state index contributed by atoms with van der Waals surface area (Å²) in [4.78, 5) is 37.3. The van der Waals surface area contributed by atoms with E-state index < -0.39 is 0 Å². The summed E-state index contributed by atoms with van der Waals surface area (Å²) in [5.74, 6) is 0.761. The molecule has 0 saturated heterocycles. The summed E-state index contributed by atoms with van der Waals surface area (Å²) in [6.07, 6.45) is 3.15. The normalized spacial score (nSPS) is 10.9. The van der Waals surface area contributed by atoms with Crippen molar-refractivity contribution in [2.45, 2.75) is 13.5 Å². The quantitative estimate of drug-likeness (QED) is 0.483. The molecule has 10 heteroatoms. The second-order valence-electron chi connectivity index (χ2n) is 5.52. The SMILES string of the molecule is CC(=O)c1ccc(-c2ccc(=O)n(Cc3nc(-c4ncccn4)no3)n2)s1. The molecule has 9 nitrogen and oxygen atoms in total. The number of carbonyl (C=O) groups excluding carboxylic acids is 1. The smallest absolute Gasteiger partial charge is 0.267 e. The topological polar surface area (TPSA) is 117 Å². The van der Waals surface area contributed by atoms with E-state index in [1.807, 2.05) is 0 Å². The third kappa shape index (κ3) is 3.55. The van der Waals surface area contributed by atoms with Gasteiger partial charge in [-0.2, -0.15) is 10.1 Å². The second kappa shape index (κ2) is 7.00. The van der Waals surface area contributed by atoms with Crippen LogP contribution in [-0.2, 0) is 6.54 Å². The minimum atomic E-state index is -0.308. The molecule has 0 fully saturated rings. The molecule has 0 bridgehead atoms. The van der Waals surface area contributed by atoms with E-state index in [9.17, 15) is 9.59 Å². The van der Waals surface area contributed by atoms with Crippen molar-refractivity contribution < 1.29 is 9.32 Å². The first-order chi connectivity index (χ1) is 13.1. The Hall–Kier alpha value is -3.53. The average Bonchev–Trinajstić information content (AvgIpc) is 3.34. The van der Waals surface area contributed by atoms with E-state index in [1.165, 1.54) is 29.0 Å². The molecule has 0 atom stereocenters. The molecule has 0 unspecified atom stereocenters. The number of nitrogens with zero attached hydrogens (tertiary/aromatic N) is 6. The van der Waals surface area contributed by atoms with Crippen molar-refractivity contribution in [3.8, 4) is 22.2 Å². The minimum Gasteiger partial charge on any atom is -0.337 e. The molecule has 0 N–H and O–H groups in total. The van der Waals surface area contributed by atoms with Gasteiger partial charge < -0.3 is 4.52 Å². The van der Waals surface area contributed by atoms with Crippen LogP contribution in [0.5, 0.6) is 0 Å². The zero-order valence-corrected chi connectivity index (χ0v) is 14.9. The molecular weight excluding hydrogens is 368 g/mol. The van der Waals surface area contributed by atoms with E-state index in [1.54, 1.807) is 36.7 Å². The number of aromatic nitrogens is 6. The molecule has 4 heterocycles. The average molecular weight is 380 g/mol. The molecule has 0 aromatic carbocycles. The molecule has 134 valence electrons. The van der Waals surface area contributed by atoms with Gasteiger partial charge in [-0.25, -0.2) is 14.6 Å². The van der Waals surface area contributed by atoms with Crippen LogP contribution in [0.3, 0.4) is 0 Å². The van der Waals surface area contributed by atoms with Gasteiger partial charge in [0.2, 0.25) is 17.5 Å². The van der Waals surface area contributed by atoms with Crippen LogP contribution in [0, 0.1) is 0 Å². The molecule has 0 radical (unpaired) electrons. The maximum atomic E-state index is 12.1. The van der Waals surface area contributed by atoms with E-state index in [0.29, 0.717) is 16.4 Å². The molecule has 4 rings (SSSR count). The first-order valence-electron chi connectivity index (χ1n) is 7.89. The van der Waals surface area contributed by atoms with Gasteiger partial charge in [0.15, 0.2) is 5.78 Å². The van der Waals surface area contributed by atoms with Crippen LogP contribution in [0.25, 0.3) is 22.2 Å². The van der Waals surface area contributed by atoms with Crippen LogP contribution in [0.15, 0.2) is 52.0 Å². The van der Waals surface area contributed by atoms with Gasteiger partial charge in [-0.15, -0.1) is 11.3 Å². The summed E-state index contributed by atoms with van der Waals surface area (Å²) < 4.78 is 6.40. The van der Waals surface area contributed by atoms with Crippen molar-refractivity contribution in [3.63, 3.8) is 0 Å². The van der Waals surface area contributed by atoms with Gasteiger partial charge in [0.25, 0.3) is 5.56 Å². The van der Waals surface area contributed by atoms with Gasteiger partial charge >= 0.3 is 0 Å². The molecular formula is C17H12N6O3S. The highest BCUT2D eigenvalue weighted by atomic mass is 32.1. The molecule has 0 spiro atoms. The third-order valence-electron chi connectivity index (χ3n) is 3.59. The number of hydrogen-bond donors (Lipinski definition) is 0. The Balaban J connectivity index is 1.62. The summed E-state index contributed by atoms with van der Waals surface area (Å²) in [7, 11) is 0. The standard InChI is InChI=1S/C17H12N6O3S/c1-10(24)12-4-5-13(27-12)11-3-6-15(25)23(21-11)9-14-20-17(22-26-14)16-18-7-2-8-19-16/h2-8H,9H2,1H3. The first-order valence-corrected chi connectivity index (χ1v) is 8.71. The largest absolute Gasteiger partial charge is 0.337 e. The van der Waals surface area contributed by atoms with Crippen molar-refractivity contribution in [3.05, 3.63) is 63.8 Å². The first kappa shape index (κ1) is 16.9. The van der Waals surface area contributed by atoms with Crippen molar-refractivity contribution in [1.29, 1.82) is 0 Å². The fraction of sp³-hybridized carbons (Fsp3) is 0.118. The fourth-order valence-corrected chi connectivity index (χ4v) is 3.18. The van der Waals surface area contributed by atoms with Crippen molar-refractivity contribution in [2.24, 2.45) is 0 Å². The van der Waals surface area contributed by atoms with Crippen LogP contribution in [-0.4, -0.2) is 35.7 Å². The number of hydrogen-bond acceptors (Lipinski definition) is 9. The minimum absolute atomic E-state index is 0.0114. The Morgan fingerprint density at radius 2 is 1.96 bits per heavy atom. The van der Waals surface area contributed by atoms with E-state index in [4.69, 9.17) is 4.52 Å². The molecule has 0 aliphatic carbocycles. The van der Waals surface area contributed by atoms with Crippen LogP contribution in [0.1, 0.15) is 22.5 Å². The second-order valence-corrected chi connectivity index (χ2v) is 6.60. The van der Waals surface area contributed by atoms with Gasteiger partial charge in [0, 0.05) is 18.5 Å². The Morgan fingerprint density at radius 1 is 1.15 bits per heavy atom. The van der Waals surface area contributed by atoms with Crippen LogP contribution in [0.2, 0.25) is 0 Å². The highest BCUT2D eigenvalue weighted by Gasteiger charge is 2.14. The molecule has 0 aliphatic rings. The molecule has 0 amide bonds. The zero-order chi connectivity index (χ0) is 18.8. The van der Waals surface area contributed by atoms with Crippen LogP contribution >= 0.6 is 11.3 Å². The predicted molar refractivity (Wildman–Crippen MR) is 96.2 cm³/mol. The maximum Gasteiger partial charge on any atom is 0.267 e. The van der Waals surface area contributed by atoms with Crippen LogP contribution < -0.4 is 5.56 Å².